The molecule has 2 saturated heterocycles. The summed E-state index contributed by atoms with van der Waals surface area (Å²) >= 11 is 1.80. The van der Waals surface area contributed by atoms with Crippen molar-refractivity contribution in [3.05, 3.63) is 0 Å². The predicted molar refractivity (Wildman–Crippen MR) is 111 cm³/mol. The molecule has 10 heteroatoms. The Morgan fingerprint density at radius 3 is 2.85 bits per heavy atom. The smallest absolute Gasteiger partial charge is 0.215 e. The minimum atomic E-state index is -3.19. The number of sulfonamides is 1. The minimum absolute atomic E-state index is 0.0899. The largest absolute Gasteiger partial charge is 0.379 e. The fourth-order valence-electron chi connectivity index (χ4n) is 2.94. The number of guanidine groups is 1. The molecule has 0 aromatic heterocycles. The van der Waals surface area contributed by atoms with Gasteiger partial charge in [-0.3, -0.25) is 4.99 Å². The second-order valence-electron chi connectivity index (χ2n) is 6.58. The second-order valence-corrected chi connectivity index (χ2v) is 9.89. The molecule has 0 amide bonds. The van der Waals surface area contributed by atoms with Gasteiger partial charge in [0.05, 0.1) is 18.5 Å². The minimum Gasteiger partial charge on any atom is -0.379 e. The highest BCUT2D eigenvalue weighted by atomic mass is 32.2. The standard InChI is InChI=1S/C17H34N4O4S2/c1-2-18-17(19-6-4-10-24-15-16-5-3-11-25-16)20-7-14-27(22,23)21-8-12-26-13-9-21/h16H,2-15H2,1H3,(H2,18,19,20). The monoisotopic (exact) mass is 422 g/mol. The van der Waals surface area contributed by atoms with Gasteiger partial charge < -0.3 is 20.1 Å². The zero-order valence-electron chi connectivity index (χ0n) is 16.3. The van der Waals surface area contributed by atoms with Gasteiger partial charge in [0.2, 0.25) is 10.0 Å². The molecule has 0 saturated carbocycles. The molecule has 0 aliphatic carbocycles. The van der Waals surface area contributed by atoms with Gasteiger partial charge in [-0.1, -0.05) is 0 Å². The zero-order chi connectivity index (χ0) is 19.4. The van der Waals surface area contributed by atoms with Gasteiger partial charge in [0.15, 0.2) is 5.96 Å². The van der Waals surface area contributed by atoms with Crippen molar-refractivity contribution >= 4 is 27.7 Å². The number of aliphatic imine (C=N–C) groups is 1. The summed E-state index contributed by atoms with van der Waals surface area (Å²) in [5.74, 6) is 2.50. The maximum atomic E-state index is 12.4. The molecule has 0 aromatic carbocycles. The summed E-state index contributed by atoms with van der Waals surface area (Å²) in [6, 6.07) is 0. The van der Waals surface area contributed by atoms with Crippen LogP contribution in [0.25, 0.3) is 0 Å². The van der Waals surface area contributed by atoms with Crippen molar-refractivity contribution in [2.24, 2.45) is 4.99 Å². The molecule has 1 atom stereocenters. The van der Waals surface area contributed by atoms with Crippen LogP contribution in [0.5, 0.6) is 0 Å². The van der Waals surface area contributed by atoms with Crippen LogP contribution in [-0.4, -0.2) is 94.6 Å². The first kappa shape index (κ1) is 22.7. The lowest BCUT2D eigenvalue weighted by Crippen LogP contribution is -2.44. The number of nitrogens with one attached hydrogen (secondary N) is 2. The van der Waals surface area contributed by atoms with Crippen LogP contribution in [0.1, 0.15) is 26.2 Å². The molecule has 158 valence electrons. The molecule has 27 heavy (non-hydrogen) atoms. The third-order valence-corrected chi connectivity index (χ3v) is 7.22. The third kappa shape index (κ3) is 8.99. The van der Waals surface area contributed by atoms with E-state index in [4.69, 9.17) is 9.47 Å². The van der Waals surface area contributed by atoms with Crippen LogP contribution in [0.2, 0.25) is 0 Å². The first-order valence-corrected chi connectivity index (χ1v) is 12.7. The maximum absolute atomic E-state index is 12.4. The first-order chi connectivity index (χ1) is 13.1. The van der Waals surface area contributed by atoms with Gasteiger partial charge in [-0.25, -0.2) is 12.7 Å². The molecule has 8 nitrogen and oxygen atoms in total. The summed E-state index contributed by atoms with van der Waals surface area (Å²) in [4.78, 5) is 4.49. The van der Waals surface area contributed by atoms with Crippen LogP contribution in [0.15, 0.2) is 4.99 Å². The van der Waals surface area contributed by atoms with Gasteiger partial charge in [0.25, 0.3) is 0 Å². The molecule has 2 heterocycles. The number of rotatable bonds is 11. The van der Waals surface area contributed by atoms with Crippen LogP contribution in [0.3, 0.4) is 0 Å². The zero-order valence-corrected chi connectivity index (χ0v) is 18.0. The molecule has 2 aliphatic heterocycles. The highest BCUT2D eigenvalue weighted by molar-refractivity contribution is 7.99. The van der Waals surface area contributed by atoms with Gasteiger partial charge in [-0.05, 0) is 26.2 Å². The van der Waals surface area contributed by atoms with Crippen molar-refractivity contribution < 1.29 is 17.9 Å². The van der Waals surface area contributed by atoms with E-state index in [0.29, 0.717) is 45.4 Å². The van der Waals surface area contributed by atoms with Crippen molar-refractivity contribution in [2.45, 2.75) is 32.3 Å². The van der Waals surface area contributed by atoms with E-state index < -0.39 is 10.0 Å². The van der Waals surface area contributed by atoms with Gasteiger partial charge >= 0.3 is 0 Å². The van der Waals surface area contributed by atoms with Crippen LogP contribution in [0, 0.1) is 0 Å². The normalized spacial score (nSPS) is 22.1. The summed E-state index contributed by atoms with van der Waals surface area (Å²) in [5.41, 5.74) is 0. The van der Waals surface area contributed by atoms with Gasteiger partial charge in [-0.15, -0.1) is 0 Å². The van der Waals surface area contributed by atoms with Crippen molar-refractivity contribution in [1.29, 1.82) is 0 Å². The molecule has 1 unspecified atom stereocenters. The van der Waals surface area contributed by atoms with Gasteiger partial charge in [-0.2, -0.15) is 11.8 Å². The molecular formula is C17H34N4O4S2. The van der Waals surface area contributed by atoms with Crippen molar-refractivity contribution in [3.8, 4) is 0 Å². The highest BCUT2D eigenvalue weighted by Crippen LogP contribution is 2.13. The lowest BCUT2D eigenvalue weighted by molar-refractivity contribution is 0.0171. The topological polar surface area (TPSA) is 92.3 Å². The fourth-order valence-corrected chi connectivity index (χ4v) is 5.43. The molecule has 0 radical (unpaired) electrons. The molecule has 2 rings (SSSR count). The van der Waals surface area contributed by atoms with Crippen LogP contribution < -0.4 is 10.6 Å². The summed E-state index contributed by atoms with van der Waals surface area (Å²) in [6.45, 7) is 7.12. The Labute approximate surface area is 167 Å². The Morgan fingerprint density at radius 2 is 2.15 bits per heavy atom. The number of thioether (sulfide) groups is 1. The van der Waals surface area contributed by atoms with E-state index >= 15 is 0 Å². The molecule has 2 N–H and O–H groups in total. The second kappa shape index (κ2) is 12.8. The Balaban J connectivity index is 1.62. The molecular weight excluding hydrogens is 388 g/mol. The predicted octanol–water partition coefficient (Wildman–Crippen LogP) is 0.506. The third-order valence-electron chi connectivity index (χ3n) is 4.40. The number of ether oxygens (including phenoxy) is 2. The molecule has 0 spiro atoms. The SMILES string of the molecule is CCNC(=NCCCOCC1CCCO1)NCCS(=O)(=O)N1CCSCC1. The molecule has 0 aromatic rings. The number of nitrogens with zero attached hydrogens (tertiary/aromatic N) is 2. The van der Waals surface area contributed by atoms with Crippen molar-refractivity contribution in [2.75, 3.05) is 69.8 Å². The van der Waals surface area contributed by atoms with E-state index in [1.807, 2.05) is 6.92 Å². The molecule has 2 fully saturated rings. The van der Waals surface area contributed by atoms with E-state index in [2.05, 4.69) is 15.6 Å². The van der Waals surface area contributed by atoms with Gasteiger partial charge in [0, 0.05) is 57.4 Å². The molecule has 0 bridgehead atoms. The van der Waals surface area contributed by atoms with Crippen LogP contribution >= 0.6 is 11.8 Å². The van der Waals surface area contributed by atoms with E-state index in [1.165, 1.54) is 0 Å². The lowest BCUT2D eigenvalue weighted by atomic mass is 10.2. The van der Waals surface area contributed by atoms with E-state index in [1.54, 1.807) is 16.1 Å². The summed E-state index contributed by atoms with van der Waals surface area (Å²) in [6.07, 6.45) is 3.30. The average Bonchev–Trinajstić information content (AvgIpc) is 3.18. The number of hydrogen-bond acceptors (Lipinski definition) is 6. The lowest BCUT2D eigenvalue weighted by Gasteiger charge is -2.25. The summed E-state index contributed by atoms with van der Waals surface area (Å²) in [5, 5.41) is 6.27. The maximum Gasteiger partial charge on any atom is 0.215 e. The Hall–Kier alpha value is -0.550. The Bertz CT molecular complexity index is 533. The van der Waals surface area contributed by atoms with Crippen molar-refractivity contribution in [1.82, 2.24) is 14.9 Å². The van der Waals surface area contributed by atoms with Gasteiger partial charge in [0.1, 0.15) is 0 Å². The van der Waals surface area contributed by atoms with E-state index in [9.17, 15) is 8.42 Å². The highest BCUT2D eigenvalue weighted by Gasteiger charge is 2.23. The summed E-state index contributed by atoms with van der Waals surface area (Å²) in [7, 11) is -3.19. The van der Waals surface area contributed by atoms with E-state index in [0.717, 1.165) is 43.9 Å². The van der Waals surface area contributed by atoms with Crippen molar-refractivity contribution in [3.63, 3.8) is 0 Å². The average molecular weight is 423 g/mol. The fraction of sp³-hybridized carbons (Fsp3) is 0.941. The Morgan fingerprint density at radius 1 is 1.33 bits per heavy atom. The molecule has 2 aliphatic rings. The van der Waals surface area contributed by atoms with E-state index in [-0.39, 0.29) is 11.9 Å². The Kier molecular flexibility index (Phi) is 10.8. The number of hydrogen-bond donors (Lipinski definition) is 2. The quantitative estimate of drug-likeness (QED) is 0.285. The van der Waals surface area contributed by atoms with Crippen LogP contribution in [-0.2, 0) is 19.5 Å². The summed E-state index contributed by atoms with van der Waals surface area (Å²) < 4.78 is 37.5. The van der Waals surface area contributed by atoms with Crippen LogP contribution in [0.4, 0.5) is 0 Å². The first-order valence-electron chi connectivity index (χ1n) is 9.89.